The third-order valence-corrected chi connectivity index (χ3v) is 5.58. The minimum atomic E-state index is -1.06. The molecular formula is C25H27N3O2. The fraction of sp³-hybridized carbons (Fsp3) is 0.280. The van der Waals surface area contributed by atoms with Gasteiger partial charge in [0.2, 0.25) is 5.60 Å². The fourth-order valence-corrected chi connectivity index (χ4v) is 4.06. The number of fused-ring (bicyclic) bond motifs is 1. The summed E-state index contributed by atoms with van der Waals surface area (Å²) in [6.45, 7) is 5.10. The number of aromatic nitrogens is 1. The summed E-state index contributed by atoms with van der Waals surface area (Å²) < 4.78 is 6.16. The predicted octanol–water partition coefficient (Wildman–Crippen LogP) is 4.74. The first-order valence-electron chi connectivity index (χ1n) is 10.3. The summed E-state index contributed by atoms with van der Waals surface area (Å²) in [5, 5.41) is 3.42. The highest BCUT2D eigenvalue weighted by atomic mass is 16.6. The summed E-state index contributed by atoms with van der Waals surface area (Å²) >= 11 is 0. The molecule has 2 aromatic carbocycles. The number of cyclic esters (lactones) is 1. The lowest BCUT2D eigenvalue weighted by Gasteiger charge is -2.31. The molecule has 0 radical (unpaired) electrons. The van der Waals surface area contributed by atoms with Crippen LogP contribution in [-0.2, 0) is 10.3 Å². The zero-order chi connectivity index (χ0) is 21.3. The van der Waals surface area contributed by atoms with E-state index < -0.39 is 5.60 Å². The van der Waals surface area contributed by atoms with Crippen LogP contribution in [0.3, 0.4) is 0 Å². The van der Waals surface area contributed by atoms with Gasteiger partial charge in [0.05, 0.1) is 5.56 Å². The van der Waals surface area contributed by atoms with Crippen LogP contribution in [0, 0.1) is 6.92 Å². The summed E-state index contributed by atoms with van der Waals surface area (Å²) in [7, 11) is 4.01. The van der Waals surface area contributed by atoms with E-state index >= 15 is 0 Å². The highest BCUT2D eigenvalue weighted by Gasteiger charge is 2.50. The van der Waals surface area contributed by atoms with E-state index in [0.29, 0.717) is 11.3 Å². The van der Waals surface area contributed by atoms with Crippen LogP contribution in [0.5, 0.6) is 0 Å². The second-order valence-corrected chi connectivity index (χ2v) is 7.87. The molecule has 2 heterocycles. The van der Waals surface area contributed by atoms with Gasteiger partial charge in [-0.2, -0.15) is 0 Å². The van der Waals surface area contributed by atoms with E-state index in [2.05, 4.69) is 30.2 Å². The highest BCUT2D eigenvalue weighted by molar-refractivity contribution is 5.95. The average molecular weight is 402 g/mol. The van der Waals surface area contributed by atoms with Crippen molar-refractivity contribution in [3.63, 3.8) is 0 Å². The van der Waals surface area contributed by atoms with E-state index in [1.807, 2.05) is 55.4 Å². The lowest BCUT2D eigenvalue weighted by Crippen LogP contribution is -2.31. The zero-order valence-corrected chi connectivity index (χ0v) is 17.9. The molecule has 1 aliphatic rings. The van der Waals surface area contributed by atoms with Gasteiger partial charge in [-0.25, -0.2) is 4.79 Å². The number of nitrogens with one attached hydrogen (secondary N) is 1. The molecule has 0 amide bonds. The number of benzene rings is 2. The molecule has 1 N–H and O–H groups in total. The summed E-state index contributed by atoms with van der Waals surface area (Å²) in [6.07, 6.45) is 2.77. The second-order valence-electron chi connectivity index (χ2n) is 7.87. The maximum atomic E-state index is 12.8. The standard InChI is InChI=1S/C25H27N3O2/c1-5-14-26-19-10-13-22(17(2)16-19)25(18-8-11-20(12-9-18)28(3)4)23-21(24(29)30-25)7-6-15-27-23/h6-13,15-16,26H,5,14H2,1-4H3. The maximum Gasteiger partial charge on any atom is 0.341 e. The number of aryl methyl sites for hydroxylation is 1. The predicted molar refractivity (Wildman–Crippen MR) is 120 cm³/mol. The van der Waals surface area contributed by atoms with Crippen molar-refractivity contribution in [2.75, 3.05) is 30.9 Å². The molecule has 1 atom stereocenters. The molecule has 3 aromatic rings. The van der Waals surface area contributed by atoms with E-state index in [1.165, 1.54) is 0 Å². The molecule has 0 bridgehead atoms. The number of ether oxygens (including phenoxy) is 1. The van der Waals surface area contributed by atoms with Crippen molar-refractivity contribution in [1.82, 2.24) is 4.98 Å². The Morgan fingerprint density at radius 1 is 1.10 bits per heavy atom. The van der Waals surface area contributed by atoms with Crippen molar-refractivity contribution < 1.29 is 9.53 Å². The summed E-state index contributed by atoms with van der Waals surface area (Å²) in [6, 6.07) is 17.9. The molecule has 0 fully saturated rings. The fourth-order valence-electron chi connectivity index (χ4n) is 4.06. The largest absolute Gasteiger partial charge is 0.439 e. The van der Waals surface area contributed by atoms with Crippen molar-refractivity contribution in [3.8, 4) is 0 Å². The Kier molecular flexibility index (Phi) is 5.20. The Hall–Kier alpha value is -3.34. The first-order valence-corrected chi connectivity index (χ1v) is 10.3. The van der Waals surface area contributed by atoms with Crippen LogP contribution in [-0.4, -0.2) is 31.6 Å². The van der Waals surface area contributed by atoms with Gasteiger partial charge in [0.15, 0.2) is 0 Å². The van der Waals surface area contributed by atoms with Crippen LogP contribution in [0.1, 0.15) is 46.1 Å². The van der Waals surface area contributed by atoms with Gasteiger partial charge in [-0.05, 0) is 55.3 Å². The number of rotatable bonds is 6. The minimum Gasteiger partial charge on any atom is -0.439 e. The van der Waals surface area contributed by atoms with Gasteiger partial charge in [0.1, 0.15) is 5.69 Å². The average Bonchev–Trinajstić information content (AvgIpc) is 3.06. The van der Waals surface area contributed by atoms with E-state index in [0.717, 1.165) is 41.0 Å². The number of hydrogen-bond acceptors (Lipinski definition) is 5. The van der Waals surface area contributed by atoms with E-state index in [9.17, 15) is 4.79 Å². The van der Waals surface area contributed by atoms with Crippen molar-refractivity contribution in [3.05, 3.63) is 88.7 Å². The monoisotopic (exact) mass is 401 g/mol. The number of carbonyl (C=O) groups excluding carboxylic acids is 1. The van der Waals surface area contributed by atoms with E-state index in [1.54, 1.807) is 18.3 Å². The molecule has 4 rings (SSSR count). The normalized spacial score (nSPS) is 17.4. The molecule has 0 saturated heterocycles. The third-order valence-electron chi connectivity index (χ3n) is 5.58. The zero-order valence-electron chi connectivity index (χ0n) is 17.9. The van der Waals surface area contributed by atoms with Crippen molar-refractivity contribution >= 4 is 17.3 Å². The SMILES string of the molecule is CCCNc1ccc(C2(c3ccc(N(C)C)cc3)OC(=O)c3cccnc32)c(C)c1. The first kappa shape index (κ1) is 20.0. The number of hydrogen-bond donors (Lipinski definition) is 1. The molecule has 5 heteroatoms. The van der Waals surface area contributed by atoms with Crippen LogP contribution in [0.4, 0.5) is 11.4 Å². The molecule has 0 aliphatic carbocycles. The molecule has 0 saturated carbocycles. The van der Waals surface area contributed by atoms with E-state index in [-0.39, 0.29) is 5.97 Å². The molecule has 154 valence electrons. The van der Waals surface area contributed by atoms with Crippen molar-refractivity contribution in [2.45, 2.75) is 25.9 Å². The lowest BCUT2D eigenvalue weighted by molar-refractivity contribution is 0.0242. The second kappa shape index (κ2) is 7.82. The van der Waals surface area contributed by atoms with Gasteiger partial charge in [-0.1, -0.05) is 25.1 Å². The van der Waals surface area contributed by atoms with Crippen LogP contribution >= 0.6 is 0 Å². The molecular weight excluding hydrogens is 374 g/mol. The Morgan fingerprint density at radius 2 is 1.87 bits per heavy atom. The maximum absolute atomic E-state index is 12.8. The summed E-state index contributed by atoms with van der Waals surface area (Å²) in [4.78, 5) is 19.5. The topological polar surface area (TPSA) is 54.5 Å². The number of carbonyl (C=O) groups is 1. The van der Waals surface area contributed by atoms with Gasteiger partial charge >= 0.3 is 5.97 Å². The van der Waals surface area contributed by atoms with Crippen LogP contribution in [0.2, 0.25) is 0 Å². The van der Waals surface area contributed by atoms with Crippen LogP contribution < -0.4 is 10.2 Å². The quantitative estimate of drug-likeness (QED) is 0.605. The van der Waals surface area contributed by atoms with Crippen LogP contribution in [0.25, 0.3) is 0 Å². The molecule has 5 nitrogen and oxygen atoms in total. The van der Waals surface area contributed by atoms with Gasteiger partial charge in [-0.3, -0.25) is 4.98 Å². The number of nitrogens with zero attached hydrogens (tertiary/aromatic N) is 2. The minimum absolute atomic E-state index is 0.345. The molecule has 30 heavy (non-hydrogen) atoms. The lowest BCUT2D eigenvalue weighted by atomic mass is 9.80. The molecule has 1 aliphatic heterocycles. The van der Waals surface area contributed by atoms with Crippen molar-refractivity contribution in [2.24, 2.45) is 0 Å². The number of pyridine rings is 1. The number of anilines is 2. The van der Waals surface area contributed by atoms with E-state index in [4.69, 9.17) is 4.74 Å². The Labute approximate surface area is 177 Å². The third kappa shape index (κ3) is 3.20. The van der Waals surface area contributed by atoms with Gasteiger partial charge in [0, 0.05) is 49.3 Å². The first-order chi connectivity index (χ1) is 14.5. The molecule has 0 spiro atoms. The summed E-state index contributed by atoms with van der Waals surface area (Å²) in [5.41, 5.74) is 5.08. The smallest absolute Gasteiger partial charge is 0.341 e. The summed E-state index contributed by atoms with van der Waals surface area (Å²) in [5.74, 6) is -0.345. The Balaban J connectivity index is 1.91. The van der Waals surface area contributed by atoms with Gasteiger partial charge in [-0.15, -0.1) is 0 Å². The Bertz CT molecular complexity index is 1080. The molecule has 1 aromatic heterocycles. The molecule has 1 unspecified atom stereocenters. The van der Waals surface area contributed by atoms with Crippen LogP contribution in [0.15, 0.2) is 60.8 Å². The van der Waals surface area contributed by atoms with Gasteiger partial charge < -0.3 is 15.0 Å². The highest BCUT2D eigenvalue weighted by Crippen LogP contribution is 2.47. The van der Waals surface area contributed by atoms with Crippen molar-refractivity contribution in [1.29, 1.82) is 0 Å². The Morgan fingerprint density at radius 3 is 2.53 bits per heavy atom. The van der Waals surface area contributed by atoms with Gasteiger partial charge in [0.25, 0.3) is 0 Å². The number of esters is 1.